The van der Waals surface area contributed by atoms with Crippen LogP contribution in [0.4, 0.5) is 0 Å². The van der Waals surface area contributed by atoms with Crippen LogP contribution >= 0.6 is 0 Å². The lowest BCUT2D eigenvalue weighted by atomic mass is 9.78. The summed E-state index contributed by atoms with van der Waals surface area (Å²) in [6.45, 7) is 15.1. The second-order valence-electron chi connectivity index (χ2n) is 10.1. The highest BCUT2D eigenvalue weighted by Crippen LogP contribution is 2.40. The normalized spacial score (nSPS) is 21.5. The van der Waals surface area contributed by atoms with Gasteiger partial charge in [-0.05, 0) is 71.3 Å². The van der Waals surface area contributed by atoms with Crippen molar-refractivity contribution in [2.75, 3.05) is 0 Å². The second kappa shape index (κ2) is 7.62. The molecule has 0 heterocycles. The molecule has 26 heavy (non-hydrogen) atoms. The van der Waals surface area contributed by atoms with Crippen LogP contribution in [0.25, 0.3) is 0 Å². The van der Waals surface area contributed by atoms with E-state index in [1.54, 1.807) is 0 Å². The summed E-state index contributed by atoms with van der Waals surface area (Å²) >= 11 is 0. The molecule has 0 atom stereocenters. The maximum Gasteiger partial charge on any atom is 0.309 e. The van der Waals surface area contributed by atoms with Gasteiger partial charge in [0.25, 0.3) is 0 Å². The molecule has 0 aromatic heterocycles. The van der Waals surface area contributed by atoms with Gasteiger partial charge in [0.1, 0.15) is 12.4 Å². The zero-order chi connectivity index (χ0) is 19.7. The molecule has 0 spiro atoms. The second-order valence-corrected chi connectivity index (χ2v) is 10.1. The van der Waals surface area contributed by atoms with E-state index in [0.29, 0.717) is 5.75 Å². The Morgan fingerprint density at radius 1 is 1.00 bits per heavy atom. The van der Waals surface area contributed by atoms with E-state index < -0.39 is 0 Å². The minimum Gasteiger partial charge on any atom is -0.507 e. The topological polar surface area (TPSA) is 46.5 Å². The Hall–Kier alpha value is -1.51. The van der Waals surface area contributed by atoms with Gasteiger partial charge in [0.05, 0.1) is 5.92 Å². The Kier molecular flexibility index (Phi) is 6.09. The molecule has 1 N–H and O–H groups in total. The number of phenols is 1. The van der Waals surface area contributed by atoms with Gasteiger partial charge >= 0.3 is 5.97 Å². The standard InChI is InChI=1S/C23H36O3/c1-15-8-10-17(11-9-15)21(25)26-14-16-12-18(22(2,3)4)20(24)19(13-16)23(5,6)7/h12-13,15,17,24H,8-11,14H2,1-7H3. The molecule has 3 heteroatoms. The zero-order valence-electron chi connectivity index (χ0n) is 17.6. The molecule has 1 aromatic carbocycles. The molecule has 1 saturated carbocycles. The quantitative estimate of drug-likeness (QED) is 0.687. The molecule has 3 nitrogen and oxygen atoms in total. The largest absolute Gasteiger partial charge is 0.507 e. The molecule has 0 amide bonds. The van der Waals surface area contributed by atoms with Gasteiger partial charge in [-0.3, -0.25) is 4.79 Å². The molecular formula is C23H36O3. The summed E-state index contributed by atoms with van der Waals surface area (Å²) in [5, 5.41) is 10.8. The SMILES string of the molecule is CC1CCC(C(=O)OCc2cc(C(C)(C)C)c(O)c(C(C)(C)C)c2)CC1. The van der Waals surface area contributed by atoms with Crippen LogP contribution in [-0.2, 0) is 27.0 Å². The maximum atomic E-state index is 12.4. The van der Waals surface area contributed by atoms with Crippen LogP contribution in [0.2, 0.25) is 0 Å². The number of hydrogen-bond donors (Lipinski definition) is 1. The summed E-state index contributed by atoms with van der Waals surface area (Å²) in [4.78, 5) is 12.4. The Labute approximate surface area is 159 Å². The van der Waals surface area contributed by atoms with E-state index in [4.69, 9.17) is 4.74 Å². The van der Waals surface area contributed by atoms with Crippen molar-refractivity contribution in [1.29, 1.82) is 0 Å². The van der Waals surface area contributed by atoms with Crippen molar-refractivity contribution in [3.8, 4) is 5.75 Å². The van der Waals surface area contributed by atoms with Crippen LogP contribution < -0.4 is 0 Å². The van der Waals surface area contributed by atoms with E-state index in [-0.39, 0.29) is 29.3 Å². The van der Waals surface area contributed by atoms with Crippen molar-refractivity contribution in [2.45, 2.75) is 91.6 Å². The van der Waals surface area contributed by atoms with Gasteiger partial charge in [-0.15, -0.1) is 0 Å². The van der Waals surface area contributed by atoms with Crippen LogP contribution in [0, 0.1) is 11.8 Å². The summed E-state index contributed by atoms with van der Waals surface area (Å²) in [6, 6.07) is 3.97. The number of carbonyl (C=O) groups excluding carboxylic acids is 1. The summed E-state index contributed by atoms with van der Waals surface area (Å²) in [6.07, 6.45) is 4.11. The van der Waals surface area contributed by atoms with E-state index in [9.17, 15) is 9.90 Å². The highest BCUT2D eigenvalue weighted by molar-refractivity contribution is 5.72. The Bertz CT molecular complexity index is 603. The number of ether oxygens (including phenoxy) is 1. The fourth-order valence-corrected chi connectivity index (χ4v) is 3.69. The van der Waals surface area contributed by atoms with Gasteiger partial charge < -0.3 is 9.84 Å². The monoisotopic (exact) mass is 360 g/mol. The van der Waals surface area contributed by atoms with Gasteiger partial charge in [-0.25, -0.2) is 0 Å². The predicted octanol–water partition coefficient (Wildman–Crippen LogP) is 5.86. The minimum atomic E-state index is -0.177. The van der Waals surface area contributed by atoms with Gasteiger partial charge in [0, 0.05) is 0 Å². The summed E-state index contributed by atoms with van der Waals surface area (Å²) in [7, 11) is 0. The van der Waals surface area contributed by atoms with Gasteiger partial charge in [0.2, 0.25) is 0 Å². The van der Waals surface area contributed by atoms with Crippen LogP contribution in [0.3, 0.4) is 0 Å². The van der Waals surface area contributed by atoms with Crippen molar-refractivity contribution >= 4 is 5.97 Å². The number of benzene rings is 1. The number of carbonyl (C=O) groups is 1. The summed E-state index contributed by atoms with van der Waals surface area (Å²) in [5.41, 5.74) is 2.41. The third-order valence-electron chi connectivity index (χ3n) is 5.52. The fraction of sp³-hybridized carbons (Fsp3) is 0.696. The van der Waals surface area contributed by atoms with E-state index in [1.807, 2.05) is 12.1 Å². The average molecular weight is 361 g/mol. The number of aromatic hydroxyl groups is 1. The highest BCUT2D eigenvalue weighted by atomic mass is 16.5. The van der Waals surface area contributed by atoms with Crippen molar-refractivity contribution in [3.05, 3.63) is 28.8 Å². The third kappa shape index (κ3) is 5.02. The van der Waals surface area contributed by atoms with E-state index in [2.05, 4.69) is 48.5 Å². The Morgan fingerprint density at radius 3 is 1.88 bits per heavy atom. The van der Waals surface area contributed by atoms with Crippen LogP contribution in [0.1, 0.15) is 90.8 Å². The summed E-state index contributed by atoms with van der Waals surface area (Å²) < 4.78 is 5.66. The minimum absolute atomic E-state index is 0.0486. The molecule has 0 unspecified atom stereocenters. The molecule has 146 valence electrons. The first kappa shape index (κ1) is 20.8. The molecule has 1 aliphatic rings. The number of phenolic OH excluding ortho intramolecular Hbond substituents is 1. The van der Waals surface area contributed by atoms with Crippen LogP contribution in [-0.4, -0.2) is 11.1 Å². The lowest BCUT2D eigenvalue weighted by Crippen LogP contribution is -2.23. The van der Waals surface area contributed by atoms with Crippen molar-refractivity contribution in [1.82, 2.24) is 0 Å². The van der Waals surface area contributed by atoms with Crippen molar-refractivity contribution in [2.24, 2.45) is 11.8 Å². The first-order valence-electron chi connectivity index (χ1n) is 9.93. The van der Waals surface area contributed by atoms with Crippen LogP contribution in [0.5, 0.6) is 5.75 Å². The molecule has 1 fully saturated rings. The summed E-state index contributed by atoms with van der Waals surface area (Å²) in [5.74, 6) is 1.06. The number of esters is 1. The smallest absolute Gasteiger partial charge is 0.309 e. The average Bonchev–Trinajstić information content (AvgIpc) is 2.52. The fourth-order valence-electron chi connectivity index (χ4n) is 3.69. The predicted molar refractivity (Wildman–Crippen MR) is 106 cm³/mol. The molecule has 0 saturated heterocycles. The van der Waals surface area contributed by atoms with E-state index >= 15 is 0 Å². The number of rotatable bonds is 3. The lowest BCUT2D eigenvalue weighted by molar-refractivity contribution is -0.151. The molecule has 1 aromatic rings. The van der Waals surface area contributed by atoms with Gasteiger partial charge in [-0.1, -0.05) is 48.5 Å². The Balaban J connectivity index is 2.19. The number of hydrogen-bond acceptors (Lipinski definition) is 3. The van der Waals surface area contributed by atoms with E-state index in [1.165, 1.54) is 0 Å². The molecule has 0 aliphatic heterocycles. The maximum absolute atomic E-state index is 12.4. The Morgan fingerprint density at radius 2 is 1.46 bits per heavy atom. The highest BCUT2D eigenvalue weighted by Gasteiger charge is 2.28. The third-order valence-corrected chi connectivity index (χ3v) is 5.52. The molecule has 0 bridgehead atoms. The van der Waals surface area contributed by atoms with Crippen LogP contribution in [0.15, 0.2) is 12.1 Å². The zero-order valence-corrected chi connectivity index (χ0v) is 17.6. The molecule has 2 rings (SSSR count). The molecule has 1 aliphatic carbocycles. The van der Waals surface area contributed by atoms with E-state index in [0.717, 1.165) is 48.3 Å². The lowest BCUT2D eigenvalue weighted by Gasteiger charge is -2.28. The van der Waals surface area contributed by atoms with Gasteiger partial charge in [0.15, 0.2) is 0 Å². The first-order chi connectivity index (χ1) is 11.9. The molecule has 0 radical (unpaired) electrons. The first-order valence-corrected chi connectivity index (χ1v) is 9.93. The van der Waals surface area contributed by atoms with Crippen molar-refractivity contribution < 1.29 is 14.6 Å². The van der Waals surface area contributed by atoms with Crippen molar-refractivity contribution in [3.63, 3.8) is 0 Å². The van der Waals surface area contributed by atoms with Gasteiger partial charge in [-0.2, -0.15) is 0 Å². The molecular weight excluding hydrogens is 324 g/mol.